The zero-order valence-corrected chi connectivity index (χ0v) is 16.7. The fraction of sp³-hybridized carbons (Fsp3) is 0.522. The number of nitrogens with zero attached hydrogens (tertiary/aromatic N) is 3. The number of hydrogen-bond acceptors (Lipinski definition) is 4. The van der Waals surface area contributed by atoms with Crippen LogP contribution in [-0.4, -0.2) is 40.5 Å². The van der Waals surface area contributed by atoms with E-state index >= 15 is 0 Å². The van der Waals surface area contributed by atoms with Crippen LogP contribution in [0.1, 0.15) is 50.3 Å². The van der Waals surface area contributed by atoms with Crippen LogP contribution in [0, 0.1) is 5.92 Å². The quantitative estimate of drug-likeness (QED) is 0.752. The number of ether oxygens (including phenoxy) is 1. The van der Waals surface area contributed by atoms with Gasteiger partial charge < -0.3 is 9.64 Å². The summed E-state index contributed by atoms with van der Waals surface area (Å²) >= 11 is 0. The van der Waals surface area contributed by atoms with Crippen molar-refractivity contribution in [3.8, 4) is 17.3 Å². The number of carbonyl (C=O) groups excluding carboxylic acids is 1. The van der Waals surface area contributed by atoms with Crippen LogP contribution < -0.4 is 4.74 Å². The molecular weight excluding hydrogens is 350 g/mol. The zero-order valence-electron chi connectivity index (χ0n) is 16.7. The van der Waals surface area contributed by atoms with Crippen LogP contribution >= 0.6 is 0 Å². The van der Waals surface area contributed by atoms with Crippen LogP contribution in [0.15, 0.2) is 30.3 Å². The largest absolute Gasteiger partial charge is 0.478 e. The Balaban J connectivity index is 1.58. The summed E-state index contributed by atoms with van der Waals surface area (Å²) in [6.45, 7) is 4.40. The van der Waals surface area contributed by atoms with Crippen molar-refractivity contribution in [1.29, 1.82) is 0 Å². The van der Waals surface area contributed by atoms with Crippen molar-refractivity contribution < 1.29 is 9.53 Å². The van der Waals surface area contributed by atoms with Crippen LogP contribution in [0.4, 0.5) is 0 Å². The van der Waals surface area contributed by atoms with Crippen LogP contribution in [-0.2, 0) is 17.6 Å². The van der Waals surface area contributed by atoms with Gasteiger partial charge >= 0.3 is 0 Å². The molecule has 2 aromatic rings. The van der Waals surface area contributed by atoms with Gasteiger partial charge in [-0.25, -0.2) is 4.98 Å². The van der Waals surface area contributed by atoms with Gasteiger partial charge in [0.2, 0.25) is 11.8 Å². The predicted octanol–water partition coefficient (Wildman–Crippen LogP) is 4.05. The molecule has 1 aliphatic heterocycles. The minimum absolute atomic E-state index is 0.0851. The molecule has 5 heteroatoms. The molecule has 0 spiro atoms. The zero-order chi connectivity index (χ0) is 19.3. The van der Waals surface area contributed by atoms with E-state index in [-0.39, 0.29) is 5.92 Å². The molecule has 0 N–H and O–H groups in total. The number of piperidine rings is 1. The Morgan fingerprint density at radius 2 is 1.82 bits per heavy atom. The Bertz CT molecular complexity index is 816. The van der Waals surface area contributed by atoms with E-state index in [1.165, 1.54) is 6.42 Å². The van der Waals surface area contributed by atoms with Gasteiger partial charge in [0.15, 0.2) is 5.82 Å². The average molecular weight is 380 g/mol. The summed E-state index contributed by atoms with van der Waals surface area (Å²) in [7, 11) is 0. The van der Waals surface area contributed by atoms with E-state index in [0.29, 0.717) is 24.2 Å². The molecule has 1 aliphatic carbocycles. The molecular formula is C23H29N3O2. The van der Waals surface area contributed by atoms with Crippen LogP contribution in [0.3, 0.4) is 0 Å². The molecule has 1 amide bonds. The molecule has 28 heavy (non-hydrogen) atoms. The second kappa shape index (κ2) is 8.72. The van der Waals surface area contributed by atoms with Crippen molar-refractivity contribution in [2.75, 3.05) is 19.7 Å². The lowest BCUT2D eigenvalue weighted by Gasteiger charge is -2.30. The fourth-order valence-corrected chi connectivity index (χ4v) is 4.33. The highest BCUT2D eigenvalue weighted by atomic mass is 16.5. The Kier molecular flexibility index (Phi) is 5.89. The van der Waals surface area contributed by atoms with E-state index in [1.807, 2.05) is 37.3 Å². The highest BCUT2D eigenvalue weighted by Gasteiger charge is 2.29. The lowest BCUT2D eigenvalue weighted by atomic mass is 9.97. The highest BCUT2D eigenvalue weighted by Crippen LogP contribution is 2.32. The maximum atomic E-state index is 13.0. The third kappa shape index (κ3) is 4.03. The highest BCUT2D eigenvalue weighted by molar-refractivity contribution is 5.79. The SMILES string of the molecule is CCOc1nc(-c2ccccc2)nc2c1CCC(C(=O)N1CCCCC1)CC2. The van der Waals surface area contributed by atoms with Crippen molar-refractivity contribution in [1.82, 2.24) is 14.9 Å². The number of aryl methyl sites for hydroxylation is 1. The maximum absolute atomic E-state index is 13.0. The van der Waals surface area contributed by atoms with E-state index in [4.69, 9.17) is 14.7 Å². The van der Waals surface area contributed by atoms with Gasteiger partial charge in [0.05, 0.1) is 12.3 Å². The van der Waals surface area contributed by atoms with Gasteiger partial charge in [-0.1, -0.05) is 30.3 Å². The molecule has 0 radical (unpaired) electrons. The standard InChI is InChI=1S/C23H29N3O2/c1-2-28-22-19-13-11-18(23(27)26-15-7-4-8-16-26)12-14-20(19)24-21(25-22)17-9-5-3-6-10-17/h3,5-6,9-10,18H,2,4,7-8,11-16H2,1H3. The first-order valence-electron chi connectivity index (χ1n) is 10.6. The predicted molar refractivity (Wildman–Crippen MR) is 109 cm³/mol. The number of rotatable bonds is 4. The molecule has 4 rings (SSSR count). The molecule has 148 valence electrons. The first-order chi connectivity index (χ1) is 13.8. The van der Waals surface area contributed by atoms with Crippen molar-refractivity contribution in [2.45, 2.75) is 51.9 Å². The molecule has 1 atom stereocenters. The molecule has 1 aromatic heterocycles. The Hall–Kier alpha value is -2.43. The van der Waals surface area contributed by atoms with E-state index in [0.717, 1.165) is 68.4 Å². The minimum Gasteiger partial charge on any atom is -0.478 e. The lowest BCUT2D eigenvalue weighted by molar-refractivity contribution is -0.136. The van der Waals surface area contributed by atoms with E-state index in [9.17, 15) is 4.79 Å². The monoisotopic (exact) mass is 379 g/mol. The van der Waals surface area contributed by atoms with Crippen molar-refractivity contribution in [2.24, 2.45) is 5.92 Å². The van der Waals surface area contributed by atoms with Crippen molar-refractivity contribution in [3.05, 3.63) is 41.6 Å². The first-order valence-corrected chi connectivity index (χ1v) is 10.6. The van der Waals surface area contributed by atoms with Crippen LogP contribution in [0.5, 0.6) is 5.88 Å². The maximum Gasteiger partial charge on any atom is 0.225 e. The van der Waals surface area contributed by atoms with E-state index < -0.39 is 0 Å². The summed E-state index contributed by atoms with van der Waals surface area (Å²) in [5, 5.41) is 0. The third-order valence-electron chi connectivity index (χ3n) is 5.86. The molecule has 5 nitrogen and oxygen atoms in total. The number of hydrogen-bond donors (Lipinski definition) is 0. The van der Waals surface area contributed by atoms with Gasteiger partial charge in [-0.3, -0.25) is 4.79 Å². The number of likely N-dealkylation sites (tertiary alicyclic amines) is 1. The third-order valence-corrected chi connectivity index (χ3v) is 5.86. The summed E-state index contributed by atoms with van der Waals surface area (Å²) in [5.41, 5.74) is 3.14. The van der Waals surface area contributed by atoms with Crippen LogP contribution in [0.25, 0.3) is 11.4 Å². The first kappa shape index (κ1) is 18.9. The summed E-state index contributed by atoms with van der Waals surface area (Å²) in [5.74, 6) is 1.82. The molecule has 1 unspecified atom stereocenters. The van der Waals surface area contributed by atoms with E-state index in [2.05, 4.69) is 4.90 Å². The minimum atomic E-state index is 0.0851. The summed E-state index contributed by atoms with van der Waals surface area (Å²) in [6.07, 6.45) is 6.86. The van der Waals surface area contributed by atoms with Gasteiger partial charge in [0.1, 0.15) is 0 Å². The molecule has 2 aliphatic rings. The smallest absolute Gasteiger partial charge is 0.225 e. The Morgan fingerprint density at radius 3 is 2.57 bits per heavy atom. The van der Waals surface area contributed by atoms with Gasteiger partial charge in [-0.2, -0.15) is 4.98 Å². The molecule has 1 aromatic carbocycles. The summed E-state index contributed by atoms with van der Waals surface area (Å²) < 4.78 is 5.89. The number of fused-ring (bicyclic) bond motifs is 1. The van der Waals surface area contributed by atoms with E-state index in [1.54, 1.807) is 0 Å². The molecule has 0 saturated carbocycles. The normalized spacial score (nSPS) is 19.6. The number of carbonyl (C=O) groups is 1. The molecule has 2 heterocycles. The van der Waals surface area contributed by atoms with Gasteiger partial charge in [-0.15, -0.1) is 0 Å². The second-order valence-electron chi connectivity index (χ2n) is 7.74. The molecule has 0 bridgehead atoms. The van der Waals surface area contributed by atoms with Gasteiger partial charge in [0, 0.05) is 30.1 Å². The number of benzene rings is 1. The average Bonchev–Trinajstić information content (AvgIpc) is 2.97. The second-order valence-corrected chi connectivity index (χ2v) is 7.74. The van der Waals surface area contributed by atoms with Gasteiger partial charge in [0.25, 0.3) is 0 Å². The summed E-state index contributed by atoms with van der Waals surface area (Å²) in [4.78, 5) is 24.7. The number of aromatic nitrogens is 2. The van der Waals surface area contributed by atoms with Crippen molar-refractivity contribution in [3.63, 3.8) is 0 Å². The Morgan fingerprint density at radius 1 is 1.07 bits per heavy atom. The number of amides is 1. The van der Waals surface area contributed by atoms with Crippen molar-refractivity contribution >= 4 is 5.91 Å². The van der Waals surface area contributed by atoms with Crippen LogP contribution in [0.2, 0.25) is 0 Å². The lowest BCUT2D eigenvalue weighted by Crippen LogP contribution is -2.39. The molecule has 1 fully saturated rings. The topological polar surface area (TPSA) is 55.3 Å². The Labute approximate surface area is 167 Å². The molecule has 1 saturated heterocycles. The fourth-order valence-electron chi connectivity index (χ4n) is 4.33. The van der Waals surface area contributed by atoms with Gasteiger partial charge in [-0.05, 0) is 51.9 Å². The summed E-state index contributed by atoms with van der Waals surface area (Å²) in [6, 6.07) is 10.0.